The second kappa shape index (κ2) is 11.1. The van der Waals surface area contributed by atoms with Crippen LogP contribution < -0.4 is 24.8 Å². The van der Waals surface area contributed by atoms with E-state index < -0.39 is 0 Å². The van der Waals surface area contributed by atoms with E-state index in [-0.39, 0.29) is 51.0 Å². The number of hydrogen-bond acceptors (Lipinski definition) is 0. The Hall–Kier alpha value is -1.47. The molecule has 29 heavy (non-hydrogen) atoms. The van der Waals surface area contributed by atoms with Crippen molar-refractivity contribution in [1.29, 1.82) is 0 Å². The molecule has 1 heterocycles. The van der Waals surface area contributed by atoms with Gasteiger partial charge in [0.1, 0.15) is 0 Å². The van der Waals surface area contributed by atoms with Gasteiger partial charge in [0, 0.05) is 12.4 Å². The average Bonchev–Trinajstić information content (AvgIpc) is 3.35. The molecule has 4 heteroatoms. The van der Waals surface area contributed by atoms with Crippen LogP contribution in [0.5, 0.6) is 0 Å². The van der Waals surface area contributed by atoms with Crippen LogP contribution in [0, 0.1) is 6.08 Å². The van der Waals surface area contributed by atoms with Crippen LogP contribution in [-0.2, 0) is 26.2 Å². The molecule has 0 amide bonds. The van der Waals surface area contributed by atoms with Crippen molar-refractivity contribution in [3.8, 4) is 5.69 Å². The first-order chi connectivity index (χ1) is 12.6. The first kappa shape index (κ1) is 25.6. The minimum Gasteiger partial charge on any atom is -1.00 e. The van der Waals surface area contributed by atoms with E-state index in [1.807, 2.05) is 0 Å². The minimum atomic E-state index is 0. The Labute approximate surface area is 204 Å². The molecule has 0 atom stereocenters. The predicted molar refractivity (Wildman–Crippen MR) is 112 cm³/mol. The molecular formula is C25H23Cl2NZr. The van der Waals surface area contributed by atoms with Gasteiger partial charge in [-0.3, -0.25) is 6.08 Å². The summed E-state index contributed by atoms with van der Waals surface area (Å²) in [4.78, 5) is 0. The van der Waals surface area contributed by atoms with Crippen molar-refractivity contribution in [3.63, 3.8) is 0 Å². The Morgan fingerprint density at radius 1 is 0.828 bits per heavy atom. The van der Waals surface area contributed by atoms with Crippen LogP contribution in [0.3, 0.4) is 0 Å². The largest absolute Gasteiger partial charge is 4.00 e. The Morgan fingerprint density at radius 3 is 1.83 bits per heavy atom. The fourth-order valence-corrected chi connectivity index (χ4v) is 3.37. The first-order valence-corrected chi connectivity index (χ1v) is 9.08. The molecule has 0 saturated heterocycles. The van der Waals surface area contributed by atoms with E-state index in [1.54, 1.807) is 0 Å². The number of benzene rings is 2. The van der Waals surface area contributed by atoms with Crippen LogP contribution in [0.2, 0.25) is 0 Å². The van der Waals surface area contributed by atoms with Crippen LogP contribution in [0.4, 0.5) is 0 Å². The maximum absolute atomic E-state index is 3.26. The smallest absolute Gasteiger partial charge is 1.00 e. The third-order valence-corrected chi connectivity index (χ3v) is 5.27. The first-order valence-electron chi connectivity index (χ1n) is 9.08. The Kier molecular flexibility index (Phi) is 9.76. The van der Waals surface area contributed by atoms with Gasteiger partial charge < -0.3 is 29.4 Å². The third-order valence-electron chi connectivity index (χ3n) is 5.27. The van der Waals surface area contributed by atoms with Gasteiger partial charge >= 0.3 is 26.2 Å². The van der Waals surface area contributed by atoms with Crippen LogP contribution >= 0.6 is 0 Å². The zero-order valence-corrected chi connectivity index (χ0v) is 20.8. The van der Waals surface area contributed by atoms with Crippen molar-refractivity contribution >= 4 is 21.5 Å². The van der Waals surface area contributed by atoms with Gasteiger partial charge in [0.25, 0.3) is 0 Å². The van der Waals surface area contributed by atoms with Crippen molar-refractivity contribution in [2.24, 2.45) is 0 Å². The van der Waals surface area contributed by atoms with E-state index >= 15 is 0 Å². The molecule has 4 aromatic rings. The number of nitrogens with zero attached hydrogens (tertiary/aromatic N) is 1. The van der Waals surface area contributed by atoms with Gasteiger partial charge in [-0.2, -0.15) is 11.1 Å². The van der Waals surface area contributed by atoms with Gasteiger partial charge in [0.05, 0.1) is 0 Å². The average molecular weight is 500 g/mol. The maximum atomic E-state index is 3.26. The topological polar surface area (TPSA) is 4.93 Å². The molecule has 0 spiro atoms. The zero-order chi connectivity index (χ0) is 18.1. The SMILES string of the molecule is CC1=[C-]CC(C)=C1C.[Cl-].[Cl-].[Zr+4].c1ccc2cn(-c3cc4ccccc4[cH-]3)cc2c1. The van der Waals surface area contributed by atoms with Crippen LogP contribution in [-0.4, -0.2) is 4.57 Å². The summed E-state index contributed by atoms with van der Waals surface area (Å²) in [5, 5.41) is 5.15. The number of allylic oxidation sites excluding steroid dienone is 4. The normalized spacial score (nSPS) is 12.4. The van der Waals surface area contributed by atoms with Gasteiger partial charge in [-0.25, -0.2) is 5.57 Å². The summed E-state index contributed by atoms with van der Waals surface area (Å²) in [6.45, 7) is 6.44. The van der Waals surface area contributed by atoms with Crippen LogP contribution in [0.25, 0.3) is 27.2 Å². The van der Waals surface area contributed by atoms with E-state index in [2.05, 4.69) is 104 Å². The molecule has 0 fully saturated rings. The molecule has 1 aromatic heterocycles. The van der Waals surface area contributed by atoms with E-state index in [1.165, 1.54) is 44.0 Å². The second-order valence-corrected chi connectivity index (χ2v) is 7.02. The van der Waals surface area contributed by atoms with E-state index in [0.29, 0.717) is 0 Å². The van der Waals surface area contributed by atoms with Crippen molar-refractivity contribution in [1.82, 2.24) is 4.57 Å². The summed E-state index contributed by atoms with van der Waals surface area (Å²) >= 11 is 0. The molecule has 0 saturated carbocycles. The van der Waals surface area contributed by atoms with Crippen molar-refractivity contribution < 1.29 is 51.0 Å². The van der Waals surface area contributed by atoms with Gasteiger partial charge in [0.2, 0.25) is 0 Å². The molecule has 0 bridgehead atoms. The fraction of sp³-hybridized carbons (Fsp3) is 0.160. The molecule has 3 aromatic carbocycles. The molecule has 0 aliphatic heterocycles. The minimum absolute atomic E-state index is 0. The molecule has 0 radical (unpaired) electrons. The fourth-order valence-electron chi connectivity index (χ4n) is 3.37. The summed E-state index contributed by atoms with van der Waals surface area (Å²) in [6, 6.07) is 21.4. The molecule has 1 aliphatic rings. The number of fused-ring (bicyclic) bond motifs is 2. The summed E-state index contributed by atoms with van der Waals surface area (Å²) in [6.07, 6.45) is 8.68. The van der Waals surface area contributed by atoms with Crippen molar-refractivity contribution in [3.05, 3.63) is 95.9 Å². The summed E-state index contributed by atoms with van der Waals surface area (Å²) in [7, 11) is 0. The molecular weight excluding hydrogens is 476 g/mol. The van der Waals surface area contributed by atoms with E-state index in [0.717, 1.165) is 6.42 Å². The number of hydrogen-bond donors (Lipinski definition) is 0. The number of rotatable bonds is 1. The molecule has 146 valence electrons. The molecule has 0 unspecified atom stereocenters. The Bertz CT molecular complexity index is 1000. The number of aromatic nitrogens is 1. The molecule has 1 aliphatic carbocycles. The summed E-state index contributed by atoms with van der Waals surface area (Å²) in [5.41, 5.74) is 5.47. The molecule has 1 nitrogen and oxygen atoms in total. The zero-order valence-electron chi connectivity index (χ0n) is 16.8. The van der Waals surface area contributed by atoms with Crippen molar-refractivity contribution in [2.45, 2.75) is 27.2 Å². The van der Waals surface area contributed by atoms with Crippen molar-refractivity contribution in [2.75, 3.05) is 0 Å². The number of halogens is 2. The second-order valence-electron chi connectivity index (χ2n) is 7.02. The van der Waals surface area contributed by atoms with Gasteiger partial charge in [-0.15, -0.1) is 54.4 Å². The van der Waals surface area contributed by atoms with Gasteiger partial charge in [0.15, 0.2) is 0 Å². The van der Waals surface area contributed by atoms with E-state index in [4.69, 9.17) is 0 Å². The third kappa shape index (κ3) is 5.57. The van der Waals surface area contributed by atoms with Gasteiger partial charge in [-0.1, -0.05) is 44.2 Å². The standard InChI is InChI=1S/C17H12N.C8H11.2ClH.Zr/c1-2-6-14-10-17(9-13(14)5-1)18-11-15-7-3-4-8-16(15)12-18;1-6-4-5-7(2)8(6)3;;;/h1-12H;4H2,1-3H3;2*1H;/q2*-1;;;+4/p-2. The molecule has 5 rings (SSSR count). The summed E-state index contributed by atoms with van der Waals surface area (Å²) in [5.74, 6) is 0. The maximum Gasteiger partial charge on any atom is 4.00 e. The monoisotopic (exact) mass is 497 g/mol. The predicted octanol–water partition coefficient (Wildman–Crippen LogP) is 0.984. The van der Waals surface area contributed by atoms with Crippen LogP contribution in [0.15, 0.2) is 89.8 Å². The Morgan fingerprint density at radius 2 is 1.38 bits per heavy atom. The van der Waals surface area contributed by atoms with Crippen LogP contribution in [0.1, 0.15) is 27.2 Å². The van der Waals surface area contributed by atoms with E-state index in [9.17, 15) is 0 Å². The van der Waals surface area contributed by atoms with Gasteiger partial charge in [-0.05, 0) is 16.5 Å². The summed E-state index contributed by atoms with van der Waals surface area (Å²) < 4.78 is 2.20. The quantitative estimate of drug-likeness (QED) is 0.345. The molecule has 0 N–H and O–H groups in total. The Balaban J connectivity index is 0.000000332.